The van der Waals surface area contributed by atoms with Gasteiger partial charge in [0.2, 0.25) is 5.91 Å². The molecule has 1 N–H and O–H groups in total. The van der Waals surface area contributed by atoms with Crippen molar-refractivity contribution >= 4 is 28.8 Å². The summed E-state index contributed by atoms with van der Waals surface area (Å²) in [7, 11) is 0. The second kappa shape index (κ2) is 2.18. The Kier molecular flexibility index (Phi) is 1.71. The maximum atomic E-state index is 10.5. The van der Waals surface area contributed by atoms with Crippen LogP contribution >= 0.6 is 22.9 Å². The van der Waals surface area contributed by atoms with Crippen LogP contribution in [0.15, 0.2) is 0 Å². The molecule has 1 fully saturated rings. The van der Waals surface area contributed by atoms with Crippen molar-refractivity contribution in [3.8, 4) is 0 Å². The molecular formula is C4H6INO2. The zero-order valence-electron chi connectivity index (χ0n) is 4.17. The van der Waals surface area contributed by atoms with Gasteiger partial charge in [0.1, 0.15) is 0 Å². The van der Waals surface area contributed by atoms with Crippen molar-refractivity contribution in [2.75, 3.05) is 6.54 Å². The Morgan fingerprint density at radius 2 is 2.50 bits per heavy atom. The van der Waals surface area contributed by atoms with Crippen molar-refractivity contribution in [3.05, 3.63) is 0 Å². The van der Waals surface area contributed by atoms with Crippen molar-refractivity contribution < 1.29 is 9.90 Å². The highest BCUT2D eigenvalue weighted by Gasteiger charge is 2.25. The highest BCUT2D eigenvalue weighted by Crippen LogP contribution is 2.14. The lowest BCUT2D eigenvalue weighted by Crippen LogP contribution is -2.12. The molecule has 0 unspecified atom stereocenters. The van der Waals surface area contributed by atoms with Gasteiger partial charge in [-0.3, -0.25) is 7.91 Å². The quantitative estimate of drug-likeness (QED) is 0.464. The Bertz CT molecular complexity index is 117. The van der Waals surface area contributed by atoms with Gasteiger partial charge >= 0.3 is 0 Å². The second-order valence-electron chi connectivity index (χ2n) is 1.80. The van der Waals surface area contributed by atoms with Crippen molar-refractivity contribution in [2.24, 2.45) is 0 Å². The van der Waals surface area contributed by atoms with Gasteiger partial charge in [-0.15, -0.1) is 0 Å². The Labute approximate surface area is 61.2 Å². The molecule has 0 bridgehead atoms. The van der Waals surface area contributed by atoms with Gasteiger partial charge < -0.3 is 5.11 Å². The summed E-state index contributed by atoms with van der Waals surface area (Å²) < 4.78 is 1.50. The molecule has 0 radical (unpaired) electrons. The van der Waals surface area contributed by atoms with Gasteiger partial charge in [0, 0.05) is 0 Å². The van der Waals surface area contributed by atoms with Gasteiger partial charge in [-0.1, -0.05) is 0 Å². The zero-order chi connectivity index (χ0) is 6.15. The maximum absolute atomic E-state index is 10.5. The molecule has 1 aliphatic rings. The summed E-state index contributed by atoms with van der Waals surface area (Å²) in [5, 5.41) is 8.80. The zero-order valence-corrected chi connectivity index (χ0v) is 6.33. The molecule has 0 aromatic rings. The number of amides is 1. The molecule has 1 atom stereocenters. The van der Waals surface area contributed by atoms with Gasteiger partial charge in [0.25, 0.3) is 0 Å². The molecule has 0 aromatic heterocycles. The Morgan fingerprint density at radius 3 is 2.62 bits per heavy atom. The number of halogens is 1. The summed E-state index contributed by atoms with van der Waals surface area (Å²) in [6.07, 6.45) is -0.137. The highest BCUT2D eigenvalue weighted by atomic mass is 127. The fourth-order valence-electron chi connectivity index (χ4n) is 0.652. The van der Waals surface area contributed by atoms with Gasteiger partial charge in [-0.2, -0.15) is 0 Å². The summed E-state index contributed by atoms with van der Waals surface area (Å²) in [6, 6.07) is 0. The summed E-state index contributed by atoms with van der Waals surface area (Å²) in [6.45, 7) is 0.486. The summed E-state index contributed by atoms with van der Waals surface area (Å²) in [4.78, 5) is 10.5. The first-order valence-corrected chi connectivity index (χ1v) is 3.31. The second-order valence-corrected chi connectivity index (χ2v) is 2.96. The van der Waals surface area contributed by atoms with E-state index < -0.39 is 6.10 Å². The van der Waals surface area contributed by atoms with Crippen molar-refractivity contribution in [1.82, 2.24) is 3.11 Å². The van der Waals surface area contributed by atoms with E-state index in [9.17, 15) is 4.79 Å². The topological polar surface area (TPSA) is 40.5 Å². The summed E-state index contributed by atoms with van der Waals surface area (Å²) >= 11 is 1.90. The number of nitrogens with zero attached hydrogens (tertiary/aromatic N) is 1. The van der Waals surface area contributed by atoms with Crippen LogP contribution in [0.2, 0.25) is 0 Å². The van der Waals surface area contributed by atoms with Crippen molar-refractivity contribution in [1.29, 1.82) is 0 Å². The third-order valence-corrected chi connectivity index (χ3v) is 1.98. The van der Waals surface area contributed by atoms with Crippen LogP contribution in [-0.4, -0.2) is 26.8 Å². The monoisotopic (exact) mass is 227 g/mol. The molecule has 46 valence electrons. The number of rotatable bonds is 0. The minimum atomic E-state index is -0.431. The van der Waals surface area contributed by atoms with Crippen LogP contribution in [0.5, 0.6) is 0 Å². The standard InChI is InChI=1S/C4H6INO2/c5-6-2-3(7)1-4(6)8/h3,7H,1-2H2/t3-/m0/s1. The van der Waals surface area contributed by atoms with E-state index >= 15 is 0 Å². The molecule has 3 nitrogen and oxygen atoms in total. The van der Waals surface area contributed by atoms with E-state index in [1.165, 1.54) is 3.11 Å². The predicted octanol–water partition coefficient (Wildman–Crippen LogP) is -0.0704. The van der Waals surface area contributed by atoms with Crippen LogP contribution in [-0.2, 0) is 4.79 Å². The maximum Gasteiger partial charge on any atom is 0.233 e. The van der Waals surface area contributed by atoms with Crippen LogP contribution < -0.4 is 0 Å². The lowest BCUT2D eigenvalue weighted by atomic mass is 10.3. The van der Waals surface area contributed by atoms with Gasteiger partial charge in [0.05, 0.1) is 41.9 Å². The van der Waals surface area contributed by atoms with Crippen LogP contribution in [0.3, 0.4) is 0 Å². The predicted molar refractivity (Wildman–Crippen MR) is 36.4 cm³/mol. The molecule has 0 saturated carbocycles. The number of carbonyl (C=O) groups is 1. The third-order valence-electron chi connectivity index (χ3n) is 1.05. The van der Waals surface area contributed by atoms with E-state index in [4.69, 9.17) is 5.11 Å². The van der Waals surface area contributed by atoms with Gasteiger partial charge in [0.15, 0.2) is 0 Å². The lowest BCUT2D eigenvalue weighted by molar-refractivity contribution is -0.122. The number of aliphatic hydroxyl groups excluding tert-OH is 1. The van der Waals surface area contributed by atoms with E-state index in [-0.39, 0.29) is 5.91 Å². The average molecular weight is 227 g/mol. The largest absolute Gasteiger partial charge is 0.391 e. The molecule has 4 heteroatoms. The molecule has 0 aliphatic carbocycles. The first-order chi connectivity index (χ1) is 3.70. The van der Waals surface area contributed by atoms with Gasteiger partial charge in [-0.05, 0) is 0 Å². The summed E-state index contributed by atoms with van der Waals surface area (Å²) in [5.74, 6) is 0.0260. The highest BCUT2D eigenvalue weighted by molar-refractivity contribution is 14.1. The molecule has 1 rings (SSSR count). The minimum Gasteiger partial charge on any atom is -0.391 e. The number of hydrogen-bond acceptors (Lipinski definition) is 2. The lowest BCUT2D eigenvalue weighted by Gasteiger charge is -2.00. The Morgan fingerprint density at radius 1 is 1.88 bits per heavy atom. The van der Waals surface area contributed by atoms with Gasteiger partial charge in [-0.25, -0.2) is 0 Å². The van der Waals surface area contributed by atoms with E-state index in [0.29, 0.717) is 13.0 Å². The van der Waals surface area contributed by atoms with Crippen LogP contribution in [0.4, 0.5) is 0 Å². The molecule has 8 heavy (non-hydrogen) atoms. The molecule has 1 saturated heterocycles. The minimum absolute atomic E-state index is 0.0260. The molecular weight excluding hydrogens is 221 g/mol. The molecule has 1 amide bonds. The van der Waals surface area contributed by atoms with E-state index in [1.54, 1.807) is 0 Å². The fraction of sp³-hybridized carbons (Fsp3) is 0.750. The molecule has 1 aliphatic heterocycles. The Balaban J connectivity index is 2.51. The third kappa shape index (κ3) is 1.11. The first-order valence-electron chi connectivity index (χ1n) is 2.34. The van der Waals surface area contributed by atoms with E-state index in [0.717, 1.165) is 0 Å². The number of hydrogen-bond donors (Lipinski definition) is 1. The summed E-state index contributed by atoms with van der Waals surface area (Å²) in [5.41, 5.74) is 0. The number of carbonyl (C=O) groups excluding carboxylic acids is 1. The van der Waals surface area contributed by atoms with Crippen LogP contribution in [0.1, 0.15) is 6.42 Å². The number of β-amino-alcohol motifs (C(OH)–C–C–N with tert-alkyl or cyclic N) is 1. The van der Waals surface area contributed by atoms with Crippen LogP contribution in [0, 0.1) is 0 Å². The van der Waals surface area contributed by atoms with Crippen molar-refractivity contribution in [2.45, 2.75) is 12.5 Å². The number of aliphatic hydroxyl groups is 1. The van der Waals surface area contributed by atoms with E-state index in [1.807, 2.05) is 22.9 Å². The molecule has 1 heterocycles. The first kappa shape index (κ1) is 6.28. The normalized spacial score (nSPS) is 29.5. The molecule has 0 aromatic carbocycles. The van der Waals surface area contributed by atoms with E-state index in [2.05, 4.69) is 0 Å². The average Bonchev–Trinajstić information content (AvgIpc) is 1.85. The van der Waals surface area contributed by atoms with Crippen molar-refractivity contribution in [3.63, 3.8) is 0 Å². The SMILES string of the molecule is O=C1C[C@H](O)CN1I. The Hall–Kier alpha value is 0.160. The fourth-order valence-corrected chi connectivity index (χ4v) is 1.30. The van der Waals surface area contributed by atoms with Crippen LogP contribution in [0.25, 0.3) is 0 Å². The molecule has 0 spiro atoms. The smallest absolute Gasteiger partial charge is 0.233 e.